The first-order chi connectivity index (χ1) is 6.45. The minimum absolute atomic E-state index is 0.223. The Morgan fingerprint density at radius 2 is 1.43 bits per heavy atom. The topological polar surface area (TPSA) is 51.2 Å². The number of halogens is 3. The van der Waals surface area contributed by atoms with Crippen molar-refractivity contribution in [3.8, 4) is 0 Å². The molecule has 0 aliphatic rings. The van der Waals surface area contributed by atoms with Crippen LogP contribution in [0.4, 0.5) is 0 Å². The quantitative estimate of drug-likeness (QED) is 0.401. The first-order valence-corrected chi connectivity index (χ1v) is 5.15. The van der Waals surface area contributed by atoms with Gasteiger partial charge >= 0.3 is 0 Å². The molecule has 0 rings (SSSR count). The Morgan fingerprint density at radius 3 is 1.79 bits per heavy atom. The van der Waals surface area contributed by atoms with Crippen LogP contribution in [-0.4, -0.2) is 15.7 Å². The molecule has 0 heterocycles. The van der Waals surface area contributed by atoms with Gasteiger partial charge in [0.2, 0.25) is 15.7 Å². The first kappa shape index (κ1) is 13.9. The van der Waals surface area contributed by atoms with Crippen LogP contribution in [0.2, 0.25) is 0 Å². The summed E-state index contributed by atoms with van der Waals surface area (Å²) in [7, 11) is 0. The van der Waals surface area contributed by atoms with Gasteiger partial charge < -0.3 is 0 Å². The average molecular weight is 260 g/mol. The van der Waals surface area contributed by atoms with Gasteiger partial charge in [-0.05, 0) is 47.6 Å². The molecular formula is C8H9Cl3O3. The molecule has 3 nitrogen and oxygen atoms in total. The summed E-state index contributed by atoms with van der Waals surface area (Å²) in [6.45, 7) is 0. The highest BCUT2D eigenvalue weighted by atomic mass is 35.5. The number of rotatable bonds is 7. The zero-order chi connectivity index (χ0) is 11.1. The molecule has 0 saturated heterocycles. The van der Waals surface area contributed by atoms with Gasteiger partial charge in [-0.3, -0.25) is 14.4 Å². The fraction of sp³-hybridized carbons (Fsp3) is 0.625. The van der Waals surface area contributed by atoms with Crippen LogP contribution in [0.3, 0.4) is 0 Å². The molecule has 0 aliphatic heterocycles. The molecule has 0 unspecified atom stereocenters. The summed E-state index contributed by atoms with van der Waals surface area (Å²) in [6.07, 6.45) is 1.52. The molecule has 0 amide bonds. The first-order valence-electron chi connectivity index (χ1n) is 4.02. The Balaban J connectivity index is 3.78. The standard InChI is InChI=1S/C8H9Cl3O3/c9-6(12)4-2-1-3-5(7(10)13)8(11)14/h5H,1-4H2. The smallest absolute Gasteiger partial charge is 0.233 e. The van der Waals surface area contributed by atoms with Gasteiger partial charge in [-0.2, -0.15) is 0 Å². The van der Waals surface area contributed by atoms with Crippen molar-refractivity contribution in [2.45, 2.75) is 25.7 Å². The van der Waals surface area contributed by atoms with E-state index in [0.29, 0.717) is 12.8 Å². The fourth-order valence-electron chi connectivity index (χ4n) is 0.929. The van der Waals surface area contributed by atoms with E-state index in [1.165, 1.54) is 0 Å². The summed E-state index contributed by atoms with van der Waals surface area (Å²) in [4.78, 5) is 31.7. The van der Waals surface area contributed by atoms with E-state index in [2.05, 4.69) is 0 Å². The van der Waals surface area contributed by atoms with Crippen LogP contribution in [0.15, 0.2) is 0 Å². The second-order valence-corrected chi connectivity index (χ2v) is 3.93. The van der Waals surface area contributed by atoms with E-state index < -0.39 is 21.6 Å². The van der Waals surface area contributed by atoms with Crippen LogP contribution >= 0.6 is 34.8 Å². The van der Waals surface area contributed by atoms with Crippen molar-refractivity contribution in [1.29, 1.82) is 0 Å². The van der Waals surface area contributed by atoms with E-state index in [1.54, 1.807) is 0 Å². The Morgan fingerprint density at radius 1 is 0.929 bits per heavy atom. The van der Waals surface area contributed by atoms with Crippen LogP contribution in [0.5, 0.6) is 0 Å². The third-order valence-corrected chi connectivity index (χ3v) is 2.38. The lowest BCUT2D eigenvalue weighted by Gasteiger charge is -2.05. The lowest BCUT2D eigenvalue weighted by Crippen LogP contribution is -2.15. The van der Waals surface area contributed by atoms with Crippen molar-refractivity contribution in [3.63, 3.8) is 0 Å². The molecular weight excluding hydrogens is 250 g/mol. The molecule has 14 heavy (non-hydrogen) atoms. The normalized spacial score (nSPS) is 10.3. The number of carbonyl (C=O) groups is 3. The van der Waals surface area contributed by atoms with Gasteiger partial charge in [-0.1, -0.05) is 6.42 Å². The van der Waals surface area contributed by atoms with E-state index in [0.717, 1.165) is 0 Å². The van der Waals surface area contributed by atoms with Crippen LogP contribution in [0.25, 0.3) is 0 Å². The molecule has 0 aliphatic carbocycles. The Kier molecular flexibility index (Phi) is 7.15. The van der Waals surface area contributed by atoms with E-state index in [-0.39, 0.29) is 12.8 Å². The highest BCUT2D eigenvalue weighted by Gasteiger charge is 2.22. The summed E-state index contributed by atoms with van der Waals surface area (Å²) in [5, 5.41) is -1.96. The minimum atomic E-state index is -0.969. The molecule has 6 heteroatoms. The minimum Gasteiger partial charge on any atom is -0.281 e. The molecule has 0 radical (unpaired) electrons. The predicted octanol–water partition coefficient (Wildman–Crippen LogP) is 2.46. The van der Waals surface area contributed by atoms with E-state index >= 15 is 0 Å². The maximum atomic E-state index is 10.7. The number of unbranched alkanes of at least 4 members (excludes halogenated alkanes) is 1. The van der Waals surface area contributed by atoms with Gasteiger partial charge in [0.1, 0.15) is 5.92 Å². The maximum Gasteiger partial charge on any atom is 0.233 e. The Hall–Kier alpha value is -0.120. The highest BCUT2D eigenvalue weighted by Crippen LogP contribution is 2.16. The number of carbonyl (C=O) groups excluding carboxylic acids is 3. The van der Waals surface area contributed by atoms with Crippen LogP contribution < -0.4 is 0 Å². The monoisotopic (exact) mass is 258 g/mol. The van der Waals surface area contributed by atoms with Gasteiger partial charge in [0.05, 0.1) is 0 Å². The molecule has 0 aromatic carbocycles. The van der Waals surface area contributed by atoms with Gasteiger partial charge in [0.25, 0.3) is 0 Å². The molecule has 0 spiro atoms. The van der Waals surface area contributed by atoms with Crippen molar-refractivity contribution in [1.82, 2.24) is 0 Å². The summed E-state index contributed by atoms with van der Waals surface area (Å²) in [5.74, 6) is -0.969. The highest BCUT2D eigenvalue weighted by molar-refractivity contribution is 6.73. The Labute approximate surface area is 96.7 Å². The lowest BCUT2D eigenvalue weighted by molar-refractivity contribution is -0.124. The van der Waals surface area contributed by atoms with Gasteiger partial charge in [-0.15, -0.1) is 0 Å². The molecule has 80 valence electrons. The summed E-state index contributed by atoms with van der Waals surface area (Å²) in [5.41, 5.74) is 0. The van der Waals surface area contributed by atoms with Crippen molar-refractivity contribution >= 4 is 50.5 Å². The van der Waals surface area contributed by atoms with Crippen LogP contribution in [0.1, 0.15) is 25.7 Å². The number of hydrogen-bond donors (Lipinski definition) is 0. The van der Waals surface area contributed by atoms with E-state index in [9.17, 15) is 14.4 Å². The van der Waals surface area contributed by atoms with Crippen LogP contribution in [-0.2, 0) is 14.4 Å². The zero-order valence-electron chi connectivity index (χ0n) is 7.26. The SMILES string of the molecule is O=C(Cl)CCCCC(C(=O)Cl)C(=O)Cl. The van der Waals surface area contributed by atoms with E-state index in [4.69, 9.17) is 34.8 Å². The summed E-state index contributed by atoms with van der Waals surface area (Å²) < 4.78 is 0. The zero-order valence-corrected chi connectivity index (χ0v) is 9.53. The van der Waals surface area contributed by atoms with Crippen molar-refractivity contribution in [2.24, 2.45) is 5.92 Å². The largest absolute Gasteiger partial charge is 0.281 e. The van der Waals surface area contributed by atoms with Crippen LogP contribution in [0, 0.1) is 5.92 Å². The average Bonchev–Trinajstić information content (AvgIpc) is 2.01. The molecule has 0 aromatic heterocycles. The predicted molar refractivity (Wildman–Crippen MR) is 54.5 cm³/mol. The second-order valence-electron chi connectivity index (χ2n) is 2.76. The third kappa shape index (κ3) is 6.35. The molecule has 0 atom stereocenters. The second kappa shape index (κ2) is 7.21. The van der Waals surface area contributed by atoms with Crippen molar-refractivity contribution < 1.29 is 14.4 Å². The fourth-order valence-corrected chi connectivity index (χ4v) is 1.53. The molecule has 0 saturated carbocycles. The van der Waals surface area contributed by atoms with Crippen molar-refractivity contribution in [2.75, 3.05) is 0 Å². The molecule has 0 fully saturated rings. The third-order valence-electron chi connectivity index (χ3n) is 1.66. The summed E-state index contributed by atoms with van der Waals surface area (Å²) >= 11 is 15.4. The summed E-state index contributed by atoms with van der Waals surface area (Å²) in [6, 6.07) is 0. The van der Waals surface area contributed by atoms with Gasteiger partial charge in [0, 0.05) is 6.42 Å². The van der Waals surface area contributed by atoms with E-state index in [1.807, 2.05) is 0 Å². The molecule has 0 bridgehead atoms. The molecule has 0 N–H and O–H groups in total. The van der Waals surface area contributed by atoms with Gasteiger partial charge in [-0.25, -0.2) is 0 Å². The van der Waals surface area contributed by atoms with Gasteiger partial charge in [0.15, 0.2) is 0 Å². The van der Waals surface area contributed by atoms with Crippen molar-refractivity contribution in [3.05, 3.63) is 0 Å². The Bertz CT molecular complexity index is 226. The molecule has 0 aromatic rings. The maximum absolute atomic E-state index is 10.7. The number of hydrogen-bond acceptors (Lipinski definition) is 3. The lowest BCUT2D eigenvalue weighted by atomic mass is 10.0.